The maximum absolute atomic E-state index is 9.73. The molecule has 0 spiro atoms. The summed E-state index contributed by atoms with van der Waals surface area (Å²) in [5, 5.41) is 16.6. The Morgan fingerprint density at radius 2 is 0.964 bits per heavy atom. The molecule has 0 N–H and O–H groups in total. The van der Waals surface area contributed by atoms with Gasteiger partial charge in [0, 0.05) is 38.0 Å². The van der Waals surface area contributed by atoms with E-state index in [1.165, 1.54) is 10.8 Å². The van der Waals surface area contributed by atoms with Crippen LogP contribution in [0.4, 0.5) is 5.69 Å². The smallest absolute Gasteiger partial charge is 0.211 e. The van der Waals surface area contributed by atoms with Gasteiger partial charge in [0.15, 0.2) is 0 Å². The van der Waals surface area contributed by atoms with E-state index in [9.17, 15) is 5.26 Å². The van der Waals surface area contributed by atoms with E-state index in [1.54, 1.807) is 0 Å². The fourth-order valence-corrected chi connectivity index (χ4v) is 8.76. The normalized spacial score (nSPS) is 11.6. The topological polar surface area (TPSA) is 42.9 Å². The molecule has 0 saturated carbocycles. The zero-order valence-electron chi connectivity index (χ0n) is 29.5. The van der Waals surface area contributed by atoms with Crippen LogP contribution in [-0.2, 0) is 0 Å². The minimum Gasteiger partial charge on any atom is -0.319 e. The van der Waals surface area contributed by atoms with Crippen molar-refractivity contribution in [2.24, 2.45) is 0 Å². The first-order valence-electron chi connectivity index (χ1n) is 18.3. The number of aromatic nitrogens is 3. The Bertz CT molecular complexity index is 3420. The molecule has 3 aromatic heterocycles. The number of hydrogen-bond acceptors (Lipinski definition) is 1. The zero-order chi connectivity index (χ0) is 36.6. The minimum absolute atomic E-state index is 0.601. The third kappa shape index (κ3) is 4.45. The molecule has 55 heavy (non-hydrogen) atoms. The number of nitrogens with zero attached hydrogens (tertiary/aromatic N) is 5. The highest BCUT2D eigenvalue weighted by molar-refractivity contribution is 6.16. The molecule has 0 fully saturated rings. The lowest BCUT2D eigenvalue weighted by molar-refractivity contribution is 1.17. The maximum Gasteiger partial charge on any atom is 0.211 e. The largest absolute Gasteiger partial charge is 0.319 e. The molecule has 5 heteroatoms. The summed E-state index contributed by atoms with van der Waals surface area (Å²) in [6, 6.07) is 63.5. The molecule has 0 aliphatic heterocycles. The van der Waals surface area contributed by atoms with Gasteiger partial charge in [-0.3, -0.25) is 0 Å². The quantitative estimate of drug-likeness (QED) is 0.169. The van der Waals surface area contributed by atoms with Gasteiger partial charge in [-0.05, 0) is 90.0 Å². The Balaban J connectivity index is 1.10. The standard InChI is InChI=1S/C50H29N5/c1-52-41-30-34(25-27-47(41)54-42-18-6-2-14-36(42)37-15-3-7-19-43(37)54)33-12-10-13-35(29-33)53-45-21-9-5-17-39(45)50-48(53)22-11-23-49(50)55-44-20-8-4-16-38(44)40-28-32(31-51)24-26-46(40)55/h2-30H. The maximum atomic E-state index is 9.73. The van der Waals surface area contributed by atoms with Gasteiger partial charge in [-0.2, -0.15) is 5.26 Å². The molecule has 0 aliphatic carbocycles. The molecule has 0 amide bonds. The van der Waals surface area contributed by atoms with E-state index in [1.807, 2.05) is 18.2 Å². The highest BCUT2D eigenvalue weighted by Crippen LogP contribution is 2.41. The molecular weight excluding hydrogens is 671 g/mol. The molecule has 0 radical (unpaired) electrons. The van der Waals surface area contributed by atoms with Gasteiger partial charge in [0.05, 0.1) is 62.7 Å². The number of para-hydroxylation sites is 4. The van der Waals surface area contributed by atoms with Crippen LogP contribution in [-0.4, -0.2) is 13.7 Å². The van der Waals surface area contributed by atoms with Gasteiger partial charge in [0.2, 0.25) is 5.69 Å². The predicted octanol–water partition coefficient (Wildman–Crippen LogP) is 13.1. The number of hydrogen-bond donors (Lipinski definition) is 0. The first-order chi connectivity index (χ1) is 27.2. The van der Waals surface area contributed by atoms with Gasteiger partial charge >= 0.3 is 0 Å². The second-order valence-corrected chi connectivity index (χ2v) is 14.0. The number of nitriles is 1. The monoisotopic (exact) mass is 699 g/mol. The molecule has 0 aliphatic rings. The van der Waals surface area contributed by atoms with Crippen LogP contribution in [0.1, 0.15) is 5.56 Å². The van der Waals surface area contributed by atoms with Crippen molar-refractivity contribution < 1.29 is 0 Å². The molecule has 0 saturated heterocycles. The van der Waals surface area contributed by atoms with Crippen LogP contribution in [0.3, 0.4) is 0 Å². The summed E-state index contributed by atoms with van der Waals surface area (Å²) in [5.41, 5.74) is 12.8. The zero-order valence-corrected chi connectivity index (χ0v) is 29.5. The Hall–Kier alpha value is -7.86. The number of benzene rings is 8. The van der Waals surface area contributed by atoms with Crippen LogP contribution < -0.4 is 0 Å². The predicted molar refractivity (Wildman–Crippen MR) is 226 cm³/mol. The van der Waals surface area contributed by atoms with E-state index in [0.29, 0.717) is 11.3 Å². The molecule has 0 atom stereocenters. The summed E-state index contributed by atoms with van der Waals surface area (Å²) < 4.78 is 6.90. The highest BCUT2D eigenvalue weighted by Gasteiger charge is 2.20. The molecule has 5 nitrogen and oxygen atoms in total. The summed E-state index contributed by atoms with van der Waals surface area (Å²) in [5.74, 6) is 0. The average Bonchev–Trinajstić information content (AvgIpc) is 3.89. The second kappa shape index (κ2) is 11.8. The number of rotatable bonds is 4. The lowest BCUT2D eigenvalue weighted by atomic mass is 10.0. The van der Waals surface area contributed by atoms with Crippen molar-refractivity contribution in [3.05, 3.63) is 193 Å². The lowest BCUT2D eigenvalue weighted by Gasteiger charge is -2.14. The van der Waals surface area contributed by atoms with E-state index in [2.05, 4.69) is 182 Å². The van der Waals surface area contributed by atoms with Crippen LogP contribution in [0, 0.1) is 17.9 Å². The van der Waals surface area contributed by atoms with Gasteiger partial charge in [-0.1, -0.05) is 97.1 Å². The molecule has 0 unspecified atom stereocenters. The van der Waals surface area contributed by atoms with Crippen LogP contribution >= 0.6 is 0 Å². The lowest BCUT2D eigenvalue weighted by Crippen LogP contribution is -1.97. The van der Waals surface area contributed by atoms with Crippen LogP contribution in [0.5, 0.6) is 0 Å². The third-order valence-electron chi connectivity index (χ3n) is 11.1. The molecule has 0 bridgehead atoms. The minimum atomic E-state index is 0.601. The molecule has 11 rings (SSSR count). The van der Waals surface area contributed by atoms with Crippen molar-refractivity contribution in [1.29, 1.82) is 5.26 Å². The Labute approximate surface area is 316 Å². The van der Waals surface area contributed by atoms with Crippen molar-refractivity contribution >= 4 is 71.1 Å². The summed E-state index contributed by atoms with van der Waals surface area (Å²) in [7, 11) is 0. The molecular formula is C50H29N5. The third-order valence-corrected chi connectivity index (χ3v) is 11.1. The van der Waals surface area contributed by atoms with Gasteiger partial charge in [-0.15, -0.1) is 0 Å². The Kier molecular flexibility index (Phi) is 6.61. The molecule has 254 valence electrons. The molecule has 11 aromatic rings. The van der Waals surface area contributed by atoms with E-state index in [0.717, 1.165) is 82.8 Å². The summed E-state index contributed by atoms with van der Waals surface area (Å²) >= 11 is 0. The van der Waals surface area contributed by atoms with E-state index < -0.39 is 0 Å². The van der Waals surface area contributed by atoms with Crippen LogP contribution in [0.25, 0.3) is 98.5 Å². The first kappa shape index (κ1) is 30.7. The van der Waals surface area contributed by atoms with Crippen molar-refractivity contribution in [3.8, 4) is 34.3 Å². The molecule has 3 heterocycles. The highest BCUT2D eigenvalue weighted by atomic mass is 15.0. The fourth-order valence-electron chi connectivity index (χ4n) is 8.76. The van der Waals surface area contributed by atoms with Gasteiger partial charge < -0.3 is 13.7 Å². The second-order valence-electron chi connectivity index (χ2n) is 14.0. The van der Waals surface area contributed by atoms with Crippen LogP contribution in [0.2, 0.25) is 0 Å². The van der Waals surface area contributed by atoms with Gasteiger partial charge in [-0.25, -0.2) is 4.85 Å². The Morgan fingerprint density at radius 3 is 1.64 bits per heavy atom. The Morgan fingerprint density at radius 1 is 0.418 bits per heavy atom. The van der Waals surface area contributed by atoms with E-state index >= 15 is 0 Å². The fraction of sp³-hybridized carbons (Fsp3) is 0. The van der Waals surface area contributed by atoms with E-state index in [4.69, 9.17) is 6.57 Å². The van der Waals surface area contributed by atoms with Crippen molar-refractivity contribution in [1.82, 2.24) is 13.7 Å². The number of fused-ring (bicyclic) bond motifs is 9. The summed E-state index contributed by atoms with van der Waals surface area (Å²) in [4.78, 5) is 4.07. The summed E-state index contributed by atoms with van der Waals surface area (Å²) in [6.45, 7) is 8.29. The van der Waals surface area contributed by atoms with Crippen molar-refractivity contribution in [2.75, 3.05) is 0 Å². The van der Waals surface area contributed by atoms with Gasteiger partial charge in [0.25, 0.3) is 0 Å². The summed E-state index contributed by atoms with van der Waals surface area (Å²) in [6.07, 6.45) is 0. The van der Waals surface area contributed by atoms with Crippen LogP contribution in [0.15, 0.2) is 176 Å². The SMILES string of the molecule is [C-]#[N+]c1cc(-c2cccc(-n3c4ccccc4c4c(-n5c6ccccc6c6cc(C#N)ccc65)cccc43)c2)ccc1-n1c2ccccc2c2ccccc21. The first-order valence-corrected chi connectivity index (χ1v) is 18.3. The molecule has 8 aromatic carbocycles. The van der Waals surface area contributed by atoms with Crippen molar-refractivity contribution in [3.63, 3.8) is 0 Å². The van der Waals surface area contributed by atoms with Gasteiger partial charge in [0.1, 0.15) is 0 Å². The van der Waals surface area contributed by atoms with Crippen molar-refractivity contribution in [2.45, 2.75) is 0 Å². The van der Waals surface area contributed by atoms with E-state index in [-0.39, 0.29) is 0 Å². The average molecular weight is 700 g/mol.